The molecule has 0 spiro atoms. The summed E-state index contributed by atoms with van der Waals surface area (Å²) in [4.78, 5) is 0. The van der Waals surface area contributed by atoms with Crippen molar-refractivity contribution in [1.29, 1.82) is 0 Å². The molecule has 6 heteroatoms. The second-order valence-electron chi connectivity index (χ2n) is 4.11. The van der Waals surface area contributed by atoms with Crippen LogP contribution in [0.15, 0.2) is 18.2 Å². The molecule has 0 bridgehead atoms. The number of hydrogen-bond donors (Lipinski definition) is 0. The molecule has 1 fully saturated rings. The van der Waals surface area contributed by atoms with Crippen molar-refractivity contribution >= 4 is 33.2 Å². The Kier molecular flexibility index (Phi) is 3.98. The number of hydrogen-bond acceptors (Lipinski definition) is 2. The van der Waals surface area contributed by atoms with Crippen molar-refractivity contribution in [2.24, 2.45) is 0 Å². The lowest BCUT2D eigenvalue weighted by Gasteiger charge is -2.15. The van der Waals surface area contributed by atoms with Gasteiger partial charge in [0.15, 0.2) is 0 Å². The van der Waals surface area contributed by atoms with Crippen LogP contribution < -0.4 is 0 Å². The van der Waals surface area contributed by atoms with Crippen molar-refractivity contribution in [3.05, 3.63) is 33.8 Å². The van der Waals surface area contributed by atoms with Crippen LogP contribution in [-0.2, 0) is 15.8 Å². The molecule has 1 saturated heterocycles. The van der Waals surface area contributed by atoms with Crippen LogP contribution in [0.1, 0.15) is 18.4 Å². The molecule has 0 aliphatic carbocycles. The minimum absolute atomic E-state index is 0.0100. The van der Waals surface area contributed by atoms with Gasteiger partial charge in [0.05, 0.1) is 15.8 Å². The molecule has 0 aromatic heterocycles. The Morgan fingerprint density at radius 3 is 2.35 bits per heavy atom. The van der Waals surface area contributed by atoms with E-state index in [1.165, 1.54) is 4.31 Å². The SMILES string of the molecule is O=S(=O)(Cc1ccc(Cl)c(Cl)c1)N1CCCC1. The summed E-state index contributed by atoms with van der Waals surface area (Å²) in [5.74, 6) is -0.0100. The largest absolute Gasteiger partial charge is 0.218 e. The lowest BCUT2D eigenvalue weighted by molar-refractivity contribution is 0.476. The molecule has 2 rings (SSSR count). The smallest absolute Gasteiger partial charge is 0.212 e. The van der Waals surface area contributed by atoms with Crippen LogP contribution in [0.5, 0.6) is 0 Å². The van der Waals surface area contributed by atoms with Gasteiger partial charge in [-0.25, -0.2) is 12.7 Å². The fourth-order valence-electron chi connectivity index (χ4n) is 1.90. The second kappa shape index (κ2) is 5.14. The van der Waals surface area contributed by atoms with Crippen molar-refractivity contribution in [2.75, 3.05) is 13.1 Å². The van der Waals surface area contributed by atoms with Gasteiger partial charge in [-0.3, -0.25) is 0 Å². The van der Waals surface area contributed by atoms with E-state index in [-0.39, 0.29) is 5.75 Å². The highest BCUT2D eigenvalue weighted by Gasteiger charge is 2.25. The Bertz CT molecular complexity index is 510. The predicted octanol–water partition coefficient (Wildman–Crippen LogP) is 2.92. The summed E-state index contributed by atoms with van der Waals surface area (Å²) in [6.45, 7) is 1.26. The highest BCUT2D eigenvalue weighted by Crippen LogP contribution is 2.24. The molecule has 17 heavy (non-hydrogen) atoms. The van der Waals surface area contributed by atoms with Gasteiger partial charge in [-0.2, -0.15) is 0 Å². The van der Waals surface area contributed by atoms with Crippen molar-refractivity contribution in [2.45, 2.75) is 18.6 Å². The van der Waals surface area contributed by atoms with Crippen molar-refractivity contribution in [3.63, 3.8) is 0 Å². The molecule has 0 unspecified atom stereocenters. The molecule has 0 saturated carbocycles. The Morgan fingerprint density at radius 2 is 1.76 bits per heavy atom. The zero-order valence-corrected chi connectivity index (χ0v) is 11.5. The zero-order valence-electron chi connectivity index (χ0n) is 9.20. The maximum atomic E-state index is 12.0. The van der Waals surface area contributed by atoms with Gasteiger partial charge in [-0.15, -0.1) is 0 Å². The first-order valence-corrected chi connectivity index (χ1v) is 7.77. The normalized spacial score (nSPS) is 17.5. The van der Waals surface area contributed by atoms with E-state index >= 15 is 0 Å². The number of sulfonamides is 1. The predicted molar refractivity (Wildman–Crippen MR) is 69.9 cm³/mol. The van der Waals surface area contributed by atoms with Gasteiger partial charge in [0, 0.05) is 13.1 Å². The van der Waals surface area contributed by atoms with Crippen molar-refractivity contribution in [3.8, 4) is 0 Å². The van der Waals surface area contributed by atoms with Gasteiger partial charge in [-0.05, 0) is 30.5 Å². The van der Waals surface area contributed by atoms with Gasteiger partial charge >= 0.3 is 0 Å². The van der Waals surface area contributed by atoms with Gasteiger partial charge in [0.1, 0.15) is 0 Å². The molecule has 1 aliphatic rings. The van der Waals surface area contributed by atoms with Crippen LogP contribution in [0.2, 0.25) is 10.0 Å². The number of nitrogens with zero attached hydrogens (tertiary/aromatic N) is 1. The number of halogens is 2. The summed E-state index contributed by atoms with van der Waals surface area (Å²) in [5.41, 5.74) is 0.673. The molecular weight excluding hydrogens is 281 g/mol. The standard InChI is InChI=1S/C11H13Cl2NO2S/c12-10-4-3-9(7-11(10)13)8-17(15,16)14-5-1-2-6-14/h3-4,7H,1-2,5-6,8H2. The Balaban J connectivity index is 2.17. The third-order valence-electron chi connectivity index (χ3n) is 2.79. The van der Waals surface area contributed by atoms with E-state index in [1.807, 2.05) is 0 Å². The average Bonchev–Trinajstić information content (AvgIpc) is 2.77. The lowest BCUT2D eigenvalue weighted by atomic mass is 10.2. The summed E-state index contributed by atoms with van der Waals surface area (Å²) in [5, 5.41) is 0.828. The van der Waals surface area contributed by atoms with E-state index in [1.54, 1.807) is 18.2 Å². The fraction of sp³-hybridized carbons (Fsp3) is 0.455. The molecule has 1 aliphatic heterocycles. The molecule has 3 nitrogen and oxygen atoms in total. The van der Waals surface area contributed by atoms with E-state index in [2.05, 4.69) is 0 Å². The number of benzene rings is 1. The van der Waals surface area contributed by atoms with Gasteiger partial charge in [-0.1, -0.05) is 29.3 Å². The first-order chi connectivity index (χ1) is 7.99. The minimum atomic E-state index is -3.21. The summed E-state index contributed by atoms with van der Waals surface area (Å²) in [6, 6.07) is 4.93. The van der Waals surface area contributed by atoms with Crippen LogP contribution in [0, 0.1) is 0 Å². The van der Waals surface area contributed by atoms with Crippen LogP contribution in [-0.4, -0.2) is 25.8 Å². The maximum absolute atomic E-state index is 12.0. The monoisotopic (exact) mass is 293 g/mol. The summed E-state index contributed by atoms with van der Waals surface area (Å²) >= 11 is 11.6. The number of rotatable bonds is 3. The molecule has 1 aromatic rings. The van der Waals surface area contributed by atoms with E-state index < -0.39 is 10.0 Å². The first-order valence-electron chi connectivity index (χ1n) is 5.41. The van der Waals surface area contributed by atoms with E-state index in [9.17, 15) is 8.42 Å². The van der Waals surface area contributed by atoms with Gasteiger partial charge < -0.3 is 0 Å². The quantitative estimate of drug-likeness (QED) is 0.859. The molecule has 0 N–H and O–H groups in total. The van der Waals surface area contributed by atoms with E-state index in [4.69, 9.17) is 23.2 Å². The summed E-state index contributed by atoms with van der Waals surface area (Å²) in [6.07, 6.45) is 1.89. The molecular formula is C11H13Cl2NO2S. The van der Waals surface area contributed by atoms with Crippen molar-refractivity contribution < 1.29 is 8.42 Å². The molecule has 0 atom stereocenters. The van der Waals surface area contributed by atoms with Crippen LogP contribution in [0.3, 0.4) is 0 Å². The average molecular weight is 294 g/mol. The molecule has 1 aromatic carbocycles. The Labute approximate surface area is 111 Å². The van der Waals surface area contributed by atoms with Crippen molar-refractivity contribution in [1.82, 2.24) is 4.31 Å². The van der Waals surface area contributed by atoms with Crippen LogP contribution in [0.25, 0.3) is 0 Å². The minimum Gasteiger partial charge on any atom is -0.212 e. The lowest BCUT2D eigenvalue weighted by Crippen LogP contribution is -2.29. The van der Waals surface area contributed by atoms with Gasteiger partial charge in [0.2, 0.25) is 10.0 Å². The van der Waals surface area contributed by atoms with Crippen LogP contribution >= 0.6 is 23.2 Å². The summed E-state index contributed by atoms with van der Waals surface area (Å²) in [7, 11) is -3.21. The molecule has 0 amide bonds. The summed E-state index contributed by atoms with van der Waals surface area (Å²) < 4.78 is 25.6. The Hall–Kier alpha value is -0.290. The van der Waals surface area contributed by atoms with E-state index in [0.29, 0.717) is 28.7 Å². The fourth-order valence-corrected chi connectivity index (χ4v) is 3.82. The zero-order chi connectivity index (χ0) is 12.5. The van der Waals surface area contributed by atoms with Gasteiger partial charge in [0.25, 0.3) is 0 Å². The second-order valence-corrected chi connectivity index (χ2v) is 6.89. The molecule has 0 radical (unpaired) electrons. The maximum Gasteiger partial charge on any atom is 0.218 e. The topological polar surface area (TPSA) is 37.4 Å². The van der Waals surface area contributed by atoms with E-state index in [0.717, 1.165) is 12.8 Å². The van der Waals surface area contributed by atoms with Crippen LogP contribution in [0.4, 0.5) is 0 Å². The third-order valence-corrected chi connectivity index (χ3v) is 5.38. The first kappa shape index (κ1) is 13.1. The molecule has 1 heterocycles. The Morgan fingerprint density at radius 1 is 1.12 bits per heavy atom. The highest BCUT2D eigenvalue weighted by atomic mass is 35.5. The molecule has 94 valence electrons. The highest BCUT2D eigenvalue weighted by molar-refractivity contribution is 7.88. The third kappa shape index (κ3) is 3.13.